The van der Waals surface area contributed by atoms with Crippen LogP contribution in [0.2, 0.25) is 5.02 Å². The molecule has 1 saturated heterocycles. The smallest absolute Gasteiger partial charge is 0.273 e. The van der Waals surface area contributed by atoms with Crippen molar-refractivity contribution in [1.82, 2.24) is 10.3 Å². The number of rotatable bonds is 4. The van der Waals surface area contributed by atoms with Gasteiger partial charge in [0.1, 0.15) is 6.26 Å². The van der Waals surface area contributed by atoms with Gasteiger partial charge in [-0.05, 0) is 30.5 Å². The molecule has 6 heteroatoms. The monoisotopic (exact) mass is 334 g/mol. The standard InChI is InChI=1S/C17H19ClN2O3/c1-2-15-19-14(11-23-15)16(21)20-17(7-9-22-10-8-17)12-3-5-13(18)6-4-12/h3-6,11H,2,7-10H2,1H3,(H,20,21). The van der Waals surface area contributed by atoms with Gasteiger partial charge >= 0.3 is 0 Å². The van der Waals surface area contributed by atoms with Gasteiger partial charge in [0, 0.05) is 24.7 Å². The summed E-state index contributed by atoms with van der Waals surface area (Å²) < 4.78 is 10.7. The Balaban J connectivity index is 1.86. The van der Waals surface area contributed by atoms with Crippen LogP contribution in [0.3, 0.4) is 0 Å². The molecule has 0 saturated carbocycles. The summed E-state index contributed by atoms with van der Waals surface area (Å²) in [5.74, 6) is 0.327. The fourth-order valence-electron chi connectivity index (χ4n) is 2.83. The van der Waals surface area contributed by atoms with Crippen molar-refractivity contribution in [1.29, 1.82) is 0 Å². The molecule has 5 nitrogen and oxygen atoms in total. The zero-order chi connectivity index (χ0) is 16.3. The highest BCUT2D eigenvalue weighted by molar-refractivity contribution is 6.30. The second-order valence-electron chi connectivity index (χ2n) is 5.64. The van der Waals surface area contributed by atoms with E-state index >= 15 is 0 Å². The maximum absolute atomic E-state index is 12.6. The van der Waals surface area contributed by atoms with Crippen molar-refractivity contribution < 1.29 is 13.9 Å². The molecule has 1 aromatic heterocycles. The van der Waals surface area contributed by atoms with Crippen LogP contribution in [0.25, 0.3) is 0 Å². The van der Waals surface area contributed by atoms with Crippen LogP contribution in [0.4, 0.5) is 0 Å². The predicted octanol–water partition coefficient (Wildman–Crippen LogP) is 3.33. The molecule has 1 amide bonds. The zero-order valence-electron chi connectivity index (χ0n) is 13.0. The van der Waals surface area contributed by atoms with Crippen LogP contribution in [0, 0.1) is 0 Å². The van der Waals surface area contributed by atoms with E-state index in [1.54, 1.807) is 0 Å². The molecule has 0 unspecified atom stereocenters. The summed E-state index contributed by atoms with van der Waals surface area (Å²) in [6.45, 7) is 3.13. The van der Waals surface area contributed by atoms with Crippen LogP contribution in [0.15, 0.2) is 34.9 Å². The van der Waals surface area contributed by atoms with Gasteiger partial charge in [-0.2, -0.15) is 0 Å². The van der Waals surface area contributed by atoms with Crippen molar-refractivity contribution in [3.05, 3.63) is 52.7 Å². The van der Waals surface area contributed by atoms with Crippen molar-refractivity contribution >= 4 is 17.5 Å². The minimum atomic E-state index is -0.467. The number of amides is 1. The summed E-state index contributed by atoms with van der Waals surface area (Å²) in [4.78, 5) is 16.8. The number of halogens is 1. The Labute approximate surface area is 140 Å². The fraction of sp³-hybridized carbons (Fsp3) is 0.412. The maximum Gasteiger partial charge on any atom is 0.273 e. The van der Waals surface area contributed by atoms with Crippen LogP contribution in [-0.4, -0.2) is 24.1 Å². The molecule has 2 aromatic rings. The normalized spacial score (nSPS) is 17.0. The Morgan fingerprint density at radius 1 is 1.30 bits per heavy atom. The summed E-state index contributed by atoms with van der Waals surface area (Å²) in [7, 11) is 0. The van der Waals surface area contributed by atoms with E-state index in [1.165, 1.54) is 6.26 Å². The third kappa shape index (κ3) is 3.41. The second-order valence-corrected chi connectivity index (χ2v) is 6.07. The third-order valence-corrected chi connectivity index (χ3v) is 4.43. The van der Waals surface area contributed by atoms with Gasteiger partial charge in [-0.1, -0.05) is 30.7 Å². The Hall–Kier alpha value is -1.85. The Morgan fingerprint density at radius 3 is 2.61 bits per heavy atom. The lowest BCUT2D eigenvalue weighted by atomic mass is 9.82. The Kier molecular flexibility index (Phi) is 4.68. The van der Waals surface area contributed by atoms with Gasteiger partial charge in [-0.3, -0.25) is 4.79 Å². The van der Waals surface area contributed by atoms with Crippen molar-refractivity contribution in [3.63, 3.8) is 0 Å². The minimum absolute atomic E-state index is 0.231. The fourth-order valence-corrected chi connectivity index (χ4v) is 2.96. The number of nitrogens with zero attached hydrogens (tertiary/aromatic N) is 1. The number of hydrogen-bond donors (Lipinski definition) is 1. The molecule has 0 aliphatic carbocycles. The summed E-state index contributed by atoms with van der Waals surface area (Å²) in [5.41, 5.74) is 0.866. The molecule has 23 heavy (non-hydrogen) atoms. The minimum Gasteiger partial charge on any atom is -0.448 e. The number of ether oxygens (including phenoxy) is 1. The number of aryl methyl sites for hydroxylation is 1. The lowest BCUT2D eigenvalue weighted by Gasteiger charge is -2.38. The molecule has 2 heterocycles. The van der Waals surface area contributed by atoms with Gasteiger partial charge in [0.15, 0.2) is 11.6 Å². The predicted molar refractivity (Wildman–Crippen MR) is 86.5 cm³/mol. The van der Waals surface area contributed by atoms with E-state index in [-0.39, 0.29) is 5.91 Å². The lowest BCUT2D eigenvalue weighted by molar-refractivity contribution is 0.0344. The van der Waals surface area contributed by atoms with E-state index in [2.05, 4.69) is 10.3 Å². The van der Waals surface area contributed by atoms with Crippen LogP contribution in [0.1, 0.15) is 41.7 Å². The number of aromatic nitrogens is 1. The van der Waals surface area contributed by atoms with Crippen molar-refractivity contribution in [2.24, 2.45) is 0 Å². The molecule has 122 valence electrons. The molecule has 1 aliphatic heterocycles. The molecular formula is C17H19ClN2O3. The Bertz CT molecular complexity index is 675. The summed E-state index contributed by atoms with van der Waals surface area (Å²) in [5, 5.41) is 3.81. The molecule has 0 atom stereocenters. The molecule has 1 aliphatic rings. The van der Waals surface area contributed by atoms with Crippen LogP contribution < -0.4 is 5.32 Å². The first kappa shape index (κ1) is 16.0. The van der Waals surface area contributed by atoms with Gasteiger partial charge < -0.3 is 14.5 Å². The number of carbonyl (C=O) groups excluding carboxylic acids is 1. The van der Waals surface area contributed by atoms with Crippen molar-refractivity contribution in [2.45, 2.75) is 31.7 Å². The number of carbonyl (C=O) groups is 1. The van der Waals surface area contributed by atoms with Crippen LogP contribution >= 0.6 is 11.6 Å². The number of nitrogens with one attached hydrogen (secondary N) is 1. The van der Waals surface area contributed by atoms with E-state index in [1.807, 2.05) is 31.2 Å². The molecule has 0 radical (unpaired) electrons. The first-order valence-electron chi connectivity index (χ1n) is 7.74. The molecule has 1 N–H and O–H groups in total. The summed E-state index contributed by atoms with van der Waals surface area (Å²) >= 11 is 5.98. The molecule has 0 spiro atoms. The average Bonchev–Trinajstić information content (AvgIpc) is 3.05. The third-order valence-electron chi connectivity index (χ3n) is 4.18. The highest BCUT2D eigenvalue weighted by Gasteiger charge is 2.36. The number of hydrogen-bond acceptors (Lipinski definition) is 4. The largest absolute Gasteiger partial charge is 0.448 e. The van der Waals surface area contributed by atoms with Gasteiger partial charge in [0.2, 0.25) is 0 Å². The highest BCUT2D eigenvalue weighted by atomic mass is 35.5. The van der Waals surface area contributed by atoms with Crippen LogP contribution in [-0.2, 0) is 16.7 Å². The topological polar surface area (TPSA) is 64.4 Å². The van der Waals surface area contributed by atoms with Gasteiger partial charge in [-0.15, -0.1) is 0 Å². The number of oxazole rings is 1. The van der Waals surface area contributed by atoms with Crippen molar-refractivity contribution in [3.8, 4) is 0 Å². The quantitative estimate of drug-likeness (QED) is 0.931. The maximum atomic E-state index is 12.6. The first-order valence-corrected chi connectivity index (χ1v) is 8.11. The van der Waals surface area contributed by atoms with Gasteiger partial charge in [0.05, 0.1) is 5.54 Å². The molecule has 3 rings (SSSR count). The van der Waals surface area contributed by atoms with E-state index in [0.717, 1.165) is 5.56 Å². The van der Waals surface area contributed by atoms with E-state index < -0.39 is 5.54 Å². The molecule has 1 fully saturated rings. The highest BCUT2D eigenvalue weighted by Crippen LogP contribution is 2.33. The van der Waals surface area contributed by atoms with Gasteiger partial charge in [0.25, 0.3) is 5.91 Å². The molecule has 0 bridgehead atoms. The van der Waals surface area contributed by atoms with E-state index in [9.17, 15) is 4.79 Å². The van der Waals surface area contributed by atoms with E-state index in [0.29, 0.717) is 49.1 Å². The summed E-state index contributed by atoms with van der Waals surface area (Å²) in [6, 6.07) is 7.58. The summed E-state index contributed by atoms with van der Waals surface area (Å²) in [6.07, 6.45) is 3.48. The SMILES string of the molecule is CCc1nc(C(=O)NC2(c3ccc(Cl)cc3)CCOCC2)co1. The average molecular weight is 335 g/mol. The second kappa shape index (κ2) is 6.72. The molecule has 1 aromatic carbocycles. The molecular weight excluding hydrogens is 316 g/mol. The zero-order valence-corrected chi connectivity index (χ0v) is 13.7. The van der Waals surface area contributed by atoms with Crippen molar-refractivity contribution in [2.75, 3.05) is 13.2 Å². The number of benzene rings is 1. The Morgan fingerprint density at radius 2 is 2.00 bits per heavy atom. The van der Waals surface area contributed by atoms with Gasteiger partial charge in [-0.25, -0.2) is 4.98 Å². The van der Waals surface area contributed by atoms with E-state index in [4.69, 9.17) is 20.8 Å². The van der Waals surface area contributed by atoms with Crippen LogP contribution in [0.5, 0.6) is 0 Å². The first-order chi connectivity index (χ1) is 11.1. The lowest BCUT2D eigenvalue weighted by Crippen LogP contribution is -2.49.